The van der Waals surface area contributed by atoms with Gasteiger partial charge >= 0.3 is 0 Å². The van der Waals surface area contributed by atoms with E-state index in [9.17, 15) is 4.79 Å². The molecule has 4 nitrogen and oxygen atoms in total. The van der Waals surface area contributed by atoms with Gasteiger partial charge < -0.3 is 9.64 Å². The van der Waals surface area contributed by atoms with Gasteiger partial charge in [0, 0.05) is 31.0 Å². The SMILES string of the molecule is CCc1cc(C(=O)N(CCOC)C(CC)CC)cc(Cl)n1. The maximum absolute atomic E-state index is 12.8. The third-order valence-electron chi connectivity index (χ3n) is 3.64. The highest BCUT2D eigenvalue weighted by Crippen LogP contribution is 2.17. The van der Waals surface area contributed by atoms with E-state index in [1.54, 1.807) is 13.2 Å². The zero-order valence-electron chi connectivity index (χ0n) is 13.4. The molecule has 0 spiro atoms. The smallest absolute Gasteiger partial charge is 0.254 e. The number of hydrogen-bond acceptors (Lipinski definition) is 3. The Balaban J connectivity index is 3.06. The molecule has 1 heterocycles. The van der Waals surface area contributed by atoms with Crippen LogP contribution in [0.25, 0.3) is 0 Å². The van der Waals surface area contributed by atoms with Crippen LogP contribution in [0.3, 0.4) is 0 Å². The lowest BCUT2D eigenvalue weighted by Crippen LogP contribution is -2.41. The molecule has 0 fully saturated rings. The highest BCUT2D eigenvalue weighted by molar-refractivity contribution is 6.29. The van der Waals surface area contributed by atoms with Crippen LogP contribution in [-0.4, -0.2) is 42.1 Å². The Morgan fingerprint density at radius 2 is 2.00 bits per heavy atom. The van der Waals surface area contributed by atoms with E-state index in [1.807, 2.05) is 17.9 Å². The molecule has 0 aliphatic heterocycles. The minimum Gasteiger partial charge on any atom is -0.383 e. The first kappa shape index (κ1) is 17.9. The molecule has 5 heteroatoms. The summed E-state index contributed by atoms with van der Waals surface area (Å²) >= 11 is 6.02. The van der Waals surface area contributed by atoms with Crippen molar-refractivity contribution in [2.45, 2.75) is 46.1 Å². The number of aromatic nitrogens is 1. The number of amides is 1. The van der Waals surface area contributed by atoms with Crippen LogP contribution < -0.4 is 0 Å². The topological polar surface area (TPSA) is 42.4 Å². The number of pyridine rings is 1. The van der Waals surface area contributed by atoms with Gasteiger partial charge in [0.1, 0.15) is 5.15 Å². The molecule has 0 aliphatic rings. The van der Waals surface area contributed by atoms with Gasteiger partial charge in [-0.3, -0.25) is 4.79 Å². The van der Waals surface area contributed by atoms with Crippen molar-refractivity contribution in [1.82, 2.24) is 9.88 Å². The van der Waals surface area contributed by atoms with Gasteiger partial charge in [-0.15, -0.1) is 0 Å². The normalized spacial score (nSPS) is 11.0. The van der Waals surface area contributed by atoms with Crippen LogP contribution in [0, 0.1) is 0 Å². The summed E-state index contributed by atoms with van der Waals surface area (Å²) in [6.45, 7) is 7.30. The molecule has 1 amide bonds. The van der Waals surface area contributed by atoms with Gasteiger partial charge in [-0.25, -0.2) is 4.98 Å². The number of ether oxygens (including phenoxy) is 1. The maximum Gasteiger partial charge on any atom is 0.254 e. The monoisotopic (exact) mass is 312 g/mol. The van der Waals surface area contributed by atoms with Crippen LogP contribution in [-0.2, 0) is 11.2 Å². The Labute approximate surface area is 132 Å². The van der Waals surface area contributed by atoms with Crippen molar-refractivity contribution in [3.05, 3.63) is 28.5 Å². The number of carbonyl (C=O) groups excluding carboxylic acids is 1. The molecule has 0 unspecified atom stereocenters. The summed E-state index contributed by atoms with van der Waals surface area (Å²) in [6, 6.07) is 3.69. The Hall–Kier alpha value is -1.13. The standard InChI is InChI=1S/C16H25ClN2O2/c1-5-13-10-12(11-15(17)18-13)16(20)19(8-9-21-4)14(6-2)7-3/h10-11,14H,5-9H2,1-4H3. The summed E-state index contributed by atoms with van der Waals surface area (Å²) in [5.74, 6) is -0.000231. The molecular formula is C16H25ClN2O2. The van der Waals surface area contributed by atoms with Crippen LogP contribution in [0.1, 0.15) is 49.7 Å². The number of hydrogen-bond donors (Lipinski definition) is 0. The highest BCUT2D eigenvalue weighted by atomic mass is 35.5. The van der Waals surface area contributed by atoms with Gasteiger partial charge in [-0.2, -0.15) is 0 Å². The molecule has 0 saturated heterocycles. The molecule has 1 aromatic rings. The summed E-state index contributed by atoms with van der Waals surface area (Å²) in [5.41, 5.74) is 1.44. The van der Waals surface area contributed by atoms with E-state index < -0.39 is 0 Å². The van der Waals surface area contributed by atoms with Gasteiger partial charge in [-0.1, -0.05) is 32.4 Å². The fourth-order valence-corrected chi connectivity index (χ4v) is 2.62. The van der Waals surface area contributed by atoms with E-state index in [2.05, 4.69) is 18.8 Å². The Morgan fingerprint density at radius 1 is 1.33 bits per heavy atom. The fraction of sp³-hybridized carbons (Fsp3) is 0.625. The minimum atomic E-state index is -0.000231. The van der Waals surface area contributed by atoms with Crippen molar-refractivity contribution >= 4 is 17.5 Å². The summed E-state index contributed by atoms with van der Waals surface area (Å²) in [4.78, 5) is 18.9. The second kappa shape index (κ2) is 9.00. The molecule has 118 valence electrons. The quantitative estimate of drug-likeness (QED) is 0.689. The van der Waals surface area contributed by atoms with Crippen molar-refractivity contribution in [2.24, 2.45) is 0 Å². The second-order valence-electron chi connectivity index (χ2n) is 4.99. The number of nitrogens with zero attached hydrogens (tertiary/aromatic N) is 2. The number of carbonyl (C=O) groups is 1. The number of rotatable bonds is 8. The first-order valence-corrected chi connectivity index (χ1v) is 7.91. The lowest BCUT2D eigenvalue weighted by molar-refractivity contribution is 0.0589. The molecule has 0 N–H and O–H groups in total. The van der Waals surface area contributed by atoms with Crippen molar-refractivity contribution < 1.29 is 9.53 Å². The number of aryl methyl sites for hydroxylation is 1. The fourth-order valence-electron chi connectivity index (χ4n) is 2.39. The Bertz CT molecular complexity index is 462. The summed E-state index contributed by atoms with van der Waals surface area (Å²) < 4.78 is 5.13. The van der Waals surface area contributed by atoms with Crippen molar-refractivity contribution in [1.29, 1.82) is 0 Å². The molecule has 0 bridgehead atoms. The average molecular weight is 313 g/mol. The van der Waals surface area contributed by atoms with Crippen LogP contribution in [0.15, 0.2) is 12.1 Å². The molecule has 0 radical (unpaired) electrons. The number of methoxy groups -OCH3 is 1. The van der Waals surface area contributed by atoms with Crippen LogP contribution in [0.5, 0.6) is 0 Å². The largest absolute Gasteiger partial charge is 0.383 e. The Morgan fingerprint density at radius 3 is 2.52 bits per heavy atom. The van der Waals surface area contributed by atoms with Crippen molar-refractivity contribution in [3.8, 4) is 0 Å². The summed E-state index contributed by atoms with van der Waals surface area (Å²) in [6.07, 6.45) is 2.60. The predicted octanol–water partition coefficient (Wildman–Crippen LogP) is 3.57. The Kier molecular flexibility index (Phi) is 7.68. The van der Waals surface area contributed by atoms with E-state index in [0.717, 1.165) is 25.0 Å². The molecule has 0 atom stereocenters. The maximum atomic E-state index is 12.8. The molecular weight excluding hydrogens is 288 g/mol. The van der Waals surface area contributed by atoms with Gasteiger partial charge in [0.2, 0.25) is 0 Å². The molecule has 0 aromatic carbocycles. The zero-order chi connectivity index (χ0) is 15.8. The van der Waals surface area contributed by atoms with Gasteiger partial charge in [0.15, 0.2) is 0 Å². The molecule has 21 heavy (non-hydrogen) atoms. The van der Waals surface area contributed by atoms with Crippen LogP contribution in [0.2, 0.25) is 5.15 Å². The van der Waals surface area contributed by atoms with E-state index >= 15 is 0 Å². The first-order chi connectivity index (χ1) is 10.1. The zero-order valence-corrected chi connectivity index (χ0v) is 14.1. The van der Waals surface area contributed by atoms with E-state index in [1.165, 1.54) is 0 Å². The minimum absolute atomic E-state index is 0.000231. The predicted molar refractivity (Wildman–Crippen MR) is 85.9 cm³/mol. The number of halogens is 1. The van der Waals surface area contributed by atoms with Gasteiger partial charge in [0.05, 0.1) is 6.61 Å². The summed E-state index contributed by atoms with van der Waals surface area (Å²) in [5, 5.41) is 0.369. The average Bonchev–Trinajstić information content (AvgIpc) is 2.50. The van der Waals surface area contributed by atoms with Crippen molar-refractivity contribution in [2.75, 3.05) is 20.3 Å². The molecule has 0 saturated carbocycles. The van der Waals surface area contributed by atoms with Crippen molar-refractivity contribution in [3.63, 3.8) is 0 Å². The molecule has 1 aromatic heterocycles. The lowest BCUT2D eigenvalue weighted by Gasteiger charge is -2.30. The highest BCUT2D eigenvalue weighted by Gasteiger charge is 2.22. The van der Waals surface area contributed by atoms with E-state index in [0.29, 0.717) is 23.9 Å². The van der Waals surface area contributed by atoms with E-state index in [-0.39, 0.29) is 11.9 Å². The third-order valence-corrected chi connectivity index (χ3v) is 3.83. The third kappa shape index (κ3) is 4.97. The van der Waals surface area contributed by atoms with E-state index in [4.69, 9.17) is 16.3 Å². The van der Waals surface area contributed by atoms with Crippen LogP contribution >= 0.6 is 11.6 Å². The first-order valence-electron chi connectivity index (χ1n) is 7.53. The van der Waals surface area contributed by atoms with Gasteiger partial charge in [0.25, 0.3) is 5.91 Å². The molecule has 1 rings (SSSR count). The van der Waals surface area contributed by atoms with Gasteiger partial charge in [-0.05, 0) is 31.4 Å². The molecule has 0 aliphatic carbocycles. The van der Waals surface area contributed by atoms with Crippen LogP contribution in [0.4, 0.5) is 0 Å². The lowest BCUT2D eigenvalue weighted by atomic mass is 10.1. The summed E-state index contributed by atoms with van der Waals surface area (Å²) in [7, 11) is 1.65. The second-order valence-corrected chi connectivity index (χ2v) is 5.37.